The molecule has 27 heavy (non-hydrogen) atoms. The number of rotatable bonds is 6. The van der Waals surface area contributed by atoms with Crippen LogP contribution in [0.3, 0.4) is 0 Å². The van der Waals surface area contributed by atoms with Gasteiger partial charge in [0.15, 0.2) is 0 Å². The highest BCUT2D eigenvalue weighted by atomic mass is 19.1. The van der Waals surface area contributed by atoms with Crippen molar-refractivity contribution < 1.29 is 18.7 Å². The molecule has 4 heteroatoms. The second-order valence-corrected chi connectivity index (χ2v) is 6.96. The molecule has 0 atom stereocenters. The lowest BCUT2D eigenvalue weighted by Gasteiger charge is -2.27. The lowest BCUT2D eigenvalue weighted by atomic mass is 9.78. The monoisotopic (exact) mass is 368 g/mol. The van der Waals surface area contributed by atoms with Gasteiger partial charge in [-0.15, -0.1) is 0 Å². The van der Waals surface area contributed by atoms with Crippen molar-refractivity contribution in [1.29, 1.82) is 0 Å². The summed E-state index contributed by atoms with van der Waals surface area (Å²) in [5, 5.41) is 0. The van der Waals surface area contributed by atoms with E-state index in [-0.39, 0.29) is 5.82 Å². The number of carbonyl (C=O) groups excluding carboxylic acids is 1. The van der Waals surface area contributed by atoms with E-state index in [2.05, 4.69) is 12.2 Å². The molecular weight excluding hydrogens is 343 g/mol. The first-order chi connectivity index (χ1) is 13.2. The van der Waals surface area contributed by atoms with Gasteiger partial charge < -0.3 is 9.47 Å². The smallest absolute Gasteiger partial charge is 0.343 e. The Labute approximate surface area is 159 Å². The van der Waals surface area contributed by atoms with Crippen LogP contribution in [0.25, 0.3) is 0 Å². The van der Waals surface area contributed by atoms with Crippen LogP contribution in [0.1, 0.15) is 47.5 Å². The molecule has 2 aromatic rings. The summed E-state index contributed by atoms with van der Waals surface area (Å²) >= 11 is 0. The van der Waals surface area contributed by atoms with Gasteiger partial charge in [-0.05, 0) is 79.5 Å². The molecule has 0 radical (unpaired) electrons. The molecule has 0 saturated heterocycles. The first-order valence-corrected chi connectivity index (χ1v) is 9.39. The van der Waals surface area contributed by atoms with Crippen molar-refractivity contribution in [2.75, 3.05) is 13.7 Å². The quantitative estimate of drug-likeness (QED) is 0.382. The Hall–Kier alpha value is -2.46. The molecule has 3 rings (SSSR count). The van der Waals surface area contributed by atoms with Crippen molar-refractivity contribution in [3.63, 3.8) is 0 Å². The van der Waals surface area contributed by atoms with Crippen LogP contribution in [0.4, 0.5) is 4.39 Å². The van der Waals surface area contributed by atoms with Gasteiger partial charge in [0.05, 0.1) is 12.2 Å². The van der Waals surface area contributed by atoms with Crippen LogP contribution in [0, 0.1) is 11.7 Å². The van der Waals surface area contributed by atoms with Gasteiger partial charge in [0, 0.05) is 7.11 Å². The standard InChI is InChI=1S/C23H25FO3/c1-26-16-2-3-17-4-6-18(7-5-17)19-8-10-20(11-9-19)23(25)27-22-14-12-21(24)13-15-22/h2-3,8-15,17-18H,4-7,16H2,1H3/t17-,18-. The number of hydrogen-bond donors (Lipinski definition) is 0. The van der Waals surface area contributed by atoms with Gasteiger partial charge in [-0.1, -0.05) is 24.3 Å². The Morgan fingerprint density at radius 3 is 2.33 bits per heavy atom. The number of hydrogen-bond acceptors (Lipinski definition) is 3. The van der Waals surface area contributed by atoms with Gasteiger partial charge in [0.1, 0.15) is 11.6 Å². The van der Waals surface area contributed by atoms with E-state index in [1.807, 2.05) is 24.3 Å². The number of allylic oxidation sites excluding steroid dienone is 1. The Balaban J connectivity index is 1.54. The van der Waals surface area contributed by atoms with Crippen molar-refractivity contribution in [1.82, 2.24) is 0 Å². The van der Waals surface area contributed by atoms with Gasteiger partial charge in [-0.25, -0.2) is 9.18 Å². The third-order valence-electron chi connectivity index (χ3n) is 5.08. The van der Waals surface area contributed by atoms with Crippen molar-refractivity contribution in [2.24, 2.45) is 5.92 Å². The molecule has 0 aromatic heterocycles. The van der Waals surface area contributed by atoms with Crippen LogP contribution < -0.4 is 4.74 Å². The van der Waals surface area contributed by atoms with E-state index in [4.69, 9.17) is 9.47 Å². The molecule has 0 heterocycles. The van der Waals surface area contributed by atoms with Crippen molar-refractivity contribution in [3.8, 4) is 5.75 Å². The summed E-state index contributed by atoms with van der Waals surface area (Å²) in [5.74, 6) is 0.731. The molecule has 0 unspecified atom stereocenters. The lowest BCUT2D eigenvalue weighted by Crippen LogP contribution is -2.12. The molecular formula is C23H25FO3. The minimum absolute atomic E-state index is 0.338. The summed E-state index contributed by atoms with van der Waals surface area (Å²) in [5.41, 5.74) is 1.77. The number of esters is 1. The highest BCUT2D eigenvalue weighted by molar-refractivity contribution is 5.91. The first kappa shape index (κ1) is 19.3. The summed E-state index contributed by atoms with van der Waals surface area (Å²) in [4.78, 5) is 12.2. The molecule has 142 valence electrons. The van der Waals surface area contributed by atoms with Crippen molar-refractivity contribution >= 4 is 5.97 Å². The maximum absolute atomic E-state index is 12.9. The number of methoxy groups -OCH3 is 1. The Morgan fingerprint density at radius 2 is 1.70 bits per heavy atom. The molecule has 0 spiro atoms. The zero-order valence-electron chi connectivity index (χ0n) is 15.6. The van der Waals surface area contributed by atoms with Crippen LogP contribution >= 0.6 is 0 Å². The maximum Gasteiger partial charge on any atom is 0.343 e. The average Bonchev–Trinajstić information content (AvgIpc) is 2.70. The predicted molar refractivity (Wildman–Crippen MR) is 104 cm³/mol. The number of ether oxygens (including phenoxy) is 2. The fourth-order valence-corrected chi connectivity index (χ4v) is 3.55. The molecule has 1 aliphatic rings. The molecule has 0 bridgehead atoms. The van der Waals surface area contributed by atoms with E-state index in [0.29, 0.717) is 29.8 Å². The highest BCUT2D eigenvalue weighted by Crippen LogP contribution is 2.36. The van der Waals surface area contributed by atoms with Gasteiger partial charge in [0.25, 0.3) is 0 Å². The zero-order valence-corrected chi connectivity index (χ0v) is 15.6. The van der Waals surface area contributed by atoms with E-state index < -0.39 is 5.97 Å². The fourth-order valence-electron chi connectivity index (χ4n) is 3.55. The highest BCUT2D eigenvalue weighted by Gasteiger charge is 2.21. The van der Waals surface area contributed by atoms with Crippen LogP contribution in [0.5, 0.6) is 5.75 Å². The zero-order chi connectivity index (χ0) is 19.1. The minimum atomic E-state index is -0.430. The Morgan fingerprint density at radius 1 is 1.04 bits per heavy atom. The molecule has 1 fully saturated rings. The third-order valence-corrected chi connectivity index (χ3v) is 5.08. The molecule has 0 aliphatic heterocycles. The van der Waals surface area contributed by atoms with E-state index in [1.54, 1.807) is 7.11 Å². The minimum Gasteiger partial charge on any atom is -0.423 e. The topological polar surface area (TPSA) is 35.5 Å². The number of benzene rings is 2. The summed E-state index contributed by atoms with van der Waals surface area (Å²) in [7, 11) is 1.71. The van der Waals surface area contributed by atoms with Crippen LogP contribution in [-0.2, 0) is 4.74 Å². The Kier molecular flexibility index (Phi) is 6.77. The van der Waals surface area contributed by atoms with Crippen LogP contribution in [0.15, 0.2) is 60.7 Å². The molecule has 3 nitrogen and oxygen atoms in total. The van der Waals surface area contributed by atoms with Gasteiger partial charge >= 0.3 is 5.97 Å². The normalized spacial score (nSPS) is 19.9. The van der Waals surface area contributed by atoms with Gasteiger partial charge in [0.2, 0.25) is 0 Å². The van der Waals surface area contributed by atoms with Crippen LogP contribution in [0.2, 0.25) is 0 Å². The molecule has 1 saturated carbocycles. The second-order valence-electron chi connectivity index (χ2n) is 6.96. The number of carbonyl (C=O) groups is 1. The van der Waals surface area contributed by atoms with Gasteiger partial charge in [-0.3, -0.25) is 0 Å². The van der Waals surface area contributed by atoms with Crippen molar-refractivity contribution in [3.05, 3.63) is 77.6 Å². The van der Waals surface area contributed by atoms with E-state index >= 15 is 0 Å². The van der Waals surface area contributed by atoms with Crippen LogP contribution in [-0.4, -0.2) is 19.7 Å². The SMILES string of the molecule is COCC=C[C@H]1CC[C@H](c2ccc(C(=O)Oc3ccc(F)cc3)cc2)CC1. The third kappa shape index (κ3) is 5.51. The number of halogens is 1. The Bertz CT molecular complexity index is 757. The van der Waals surface area contributed by atoms with Crippen molar-refractivity contribution in [2.45, 2.75) is 31.6 Å². The molecule has 2 aromatic carbocycles. The second kappa shape index (κ2) is 9.47. The van der Waals surface area contributed by atoms with E-state index in [9.17, 15) is 9.18 Å². The van der Waals surface area contributed by atoms with E-state index in [1.165, 1.54) is 42.7 Å². The molecule has 0 N–H and O–H groups in total. The van der Waals surface area contributed by atoms with Gasteiger partial charge in [-0.2, -0.15) is 0 Å². The summed E-state index contributed by atoms with van der Waals surface area (Å²) in [6.07, 6.45) is 9.04. The first-order valence-electron chi connectivity index (χ1n) is 9.39. The fraction of sp³-hybridized carbons (Fsp3) is 0.348. The summed E-state index contributed by atoms with van der Waals surface area (Å²) in [6.45, 7) is 0.676. The summed E-state index contributed by atoms with van der Waals surface area (Å²) < 4.78 is 23.3. The molecule has 1 aliphatic carbocycles. The average molecular weight is 368 g/mol. The summed E-state index contributed by atoms with van der Waals surface area (Å²) in [6, 6.07) is 13.1. The predicted octanol–water partition coefficient (Wildman–Crippen LogP) is 5.52. The maximum atomic E-state index is 12.9. The lowest BCUT2D eigenvalue weighted by molar-refractivity contribution is 0.0734. The largest absolute Gasteiger partial charge is 0.423 e. The van der Waals surface area contributed by atoms with E-state index in [0.717, 1.165) is 12.8 Å². The molecule has 0 amide bonds.